The van der Waals surface area contributed by atoms with Crippen LogP contribution in [0.2, 0.25) is 0 Å². The van der Waals surface area contributed by atoms with Crippen LogP contribution in [0.5, 0.6) is 0 Å². The molecule has 2 heterocycles. The Balaban J connectivity index is 1.57. The summed E-state index contributed by atoms with van der Waals surface area (Å²) in [7, 11) is 0. The molecule has 1 saturated carbocycles. The number of rotatable bonds is 2. The third-order valence-corrected chi connectivity index (χ3v) is 7.52. The van der Waals surface area contributed by atoms with Crippen LogP contribution in [0.25, 0.3) is 0 Å². The number of morpholine rings is 1. The number of aliphatic hydroxyl groups is 1. The molecule has 2 saturated heterocycles. The molecular formula is C21H33NO4. The lowest BCUT2D eigenvalue weighted by Gasteiger charge is -2.52. The molecule has 26 heavy (non-hydrogen) atoms. The van der Waals surface area contributed by atoms with Crippen molar-refractivity contribution in [2.45, 2.75) is 71.4 Å². The normalized spacial score (nSPS) is 49.2. The van der Waals surface area contributed by atoms with Crippen molar-refractivity contribution in [2.24, 2.45) is 23.2 Å². The maximum Gasteiger partial charge on any atom is 0.311 e. The van der Waals surface area contributed by atoms with E-state index in [0.29, 0.717) is 12.5 Å². The quantitative estimate of drug-likeness (QED) is 0.603. The van der Waals surface area contributed by atoms with Crippen molar-refractivity contribution in [1.29, 1.82) is 0 Å². The Kier molecular flexibility index (Phi) is 4.69. The van der Waals surface area contributed by atoms with E-state index in [1.54, 1.807) is 0 Å². The molecule has 0 radical (unpaired) electrons. The third kappa shape index (κ3) is 2.83. The minimum absolute atomic E-state index is 0.0985. The molecule has 0 aromatic carbocycles. The number of esters is 1. The van der Waals surface area contributed by atoms with Gasteiger partial charge in [0.05, 0.1) is 24.2 Å². The Morgan fingerprint density at radius 1 is 1.27 bits per heavy atom. The van der Waals surface area contributed by atoms with E-state index < -0.39 is 6.10 Å². The van der Waals surface area contributed by atoms with E-state index in [1.807, 2.05) is 0 Å². The number of ether oxygens (including phenoxy) is 2. The molecule has 2 aliphatic heterocycles. The predicted octanol–water partition coefficient (Wildman–Crippen LogP) is 2.38. The van der Waals surface area contributed by atoms with Gasteiger partial charge in [0.15, 0.2) is 0 Å². The summed E-state index contributed by atoms with van der Waals surface area (Å²) in [6.45, 7) is 10.9. The van der Waals surface area contributed by atoms with Gasteiger partial charge in [-0.05, 0) is 32.6 Å². The fourth-order valence-electron chi connectivity index (χ4n) is 5.99. The second-order valence-electron chi connectivity index (χ2n) is 9.27. The number of hydrogen-bond donors (Lipinski definition) is 1. The summed E-state index contributed by atoms with van der Waals surface area (Å²) in [5.41, 5.74) is 1.07. The molecule has 2 aliphatic carbocycles. The van der Waals surface area contributed by atoms with Gasteiger partial charge in [-0.1, -0.05) is 25.5 Å². The van der Waals surface area contributed by atoms with Gasteiger partial charge in [-0.25, -0.2) is 0 Å². The van der Waals surface area contributed by atoms with Gasteiger partial charge in [-0.2, -0.15) is 0 Å². The molecule has 5 heteroatoms. The number of carbonyl (C=O) groups excluding carboxylic acids is 1. The van der Waals surface area contributed by atoms with Gasteiger partial charge in [0.2, 0.25) is 0 Å². The minimum Gasteiger partial charge on any atom is -0.461 e. The molecule has 5 nitrogen and oxygen atoms in total. The zero-order valence-corrected chi connectivity index (χ0v) is 16.5. The number of hydrogen-bond acceptors (Lipinski definition) is 5. The molecule has 0 aromatic rings. The summed E-state index contributed by atoms with van der Waals surface area (Å²) < 4.78 is 11.6. The van der Waals surface area contributed by atoms with Crippen LogP contribution in [-0.2, 0) is 14.3 Å². The molecule has 146 valence electrons. The highest BCUT2D eigenvalue weighted by atomic mass is 16.6. The number of aliphatic hydroxyl groups excluding tert-OH is 1. The van der Waals surface area contributed by atoms with Crippen LogP contribution in [0, 0.1) is 23.2 Å². The second kappa shape index (κ2) is 6.61. The zero-order chi connectivity index (χ0) is 18.6. The highest BCUT2D eigenvalue weighted by Gasteiger charge is 2.59. The van der Waals surface area contributed by atoms with Gasteiger partial charge in [0, 0.05) is 37.4 Å². The standard InChI is InChI=1S/C21H33NO4/c1-12-6-5-7-15-8-17-18(19(23)21(12,15)4)16(20(24)26-17)11-22-9-13(2)25-14(3)10-22/h7,12-14,16-19,23H,5-6,8-11H2,1-4H3/t12-,13?,14?,16?,17+,18+,19-,21+/m0/s1. The van der Waals surface area contributed by atoms with Crippen molar-refractivity contribution < 1.29 is 19.4 Å². The summed E-state index contributed by atoms with van der Waals surface area (Å²) in [6, 6.07) is 0. The van der Waals surface area contributed by atoms with Crippen molar-refractivity contribution in [3.8, 4) is 0 Å². The molecule has 4 rings (SSSR count). The molecular weight excluding hydrogens is 330 g/mol. The van der Waals surface area contributed by atoms with Crippen LogP contribution in [0.3, 0.4) is 0 Å². The second-order valence-corrected chi connectivity index (χ2v) is 9.27. The number of allylic oxidation sites excluding steroid dienone is 1. The summed E-state index contributed by atoms with van der Waals surface area (Å²) in [6.07, 6.45) is 4.91. The number of nitrogens with zero attached hydrogens (tertiary/aromatic N) is 1. The van der Waals surface area contributed by atoms with Crippen molar-refractivity contribution in [3.05, 3.63) is 11.6 Å². The van der Waals surface area contributed by atoms with Crippen LogP contribution in [-0.4, -0.2) is 60.0 Å². The first-order valence-corrected chi connectivity index (χ1v) is 10.3. The van der Waals surface area contributed by atoms with Crippen molar-refractivity contribution >= 4 is 5.97 Å². The Labute approximate surface area is 156 Å². The monoisotopic (exact) mass is 363 g/mol. The highest BCUT2D eigenvalue weighted by Crippen LogP contribution is 2.56. The highest BCUT2D eigenvalue weighted by molar-refractivity contribution is 5.76. The van der Waals surface area contributed by atoms with Gasteiger partial charge in [0.1, 0.15) is 6.10 Å². The largest absolute Gasteiger partial charge is 0.461 e. The fraction of sp³-hybridized carbons (Fsp3) is 0.857. The van der Waals surface area contributed by atoms with E-state index in [1.165, 1.54) is 5.57 Å². The van der Waals surface area contributed by atoms with Crippen molar-refractivity contribution in [2.75, 3.05) is 19.6 Å². The smallest absolute Gasteiger partial charge is 0.311 e. The maximum absolute atomic E-state index is 12.7. The molecule has 0 spiro atoms. The Morgan fingerprint density at radius 2 is 1.96 bits per heavy atom. The Bertz CT molecular complexity index is 595. The summed E-state index contributed by atoms with van der Waals surface area (Å²) in [5.74, 6) is -0.0294. The van der Waals surface area contributed by atoms with Gasteiger partial charge in [0.25, 0.3) is 0 Å². The lowest BCUT2D eigenvalue weighted by Crippen LogP contribution is -2.55. The first kappa shape index (κ1) is 18.5. The van der Waals surface area contributed by atoms with Crippen molar-refractivity contribution in [3.63, 3.8) is 0 Å². The zero-order valence-electron chi connectivity index (χ0n) is 16.5. The average Bonchev–Trinajstić information content (AvgIpc) is 2.85. The van der Waals surface area contributed by atoms with Crippen LogP contribution in [0.1, 0.15) is 47.0 Å². The van der Waals surface area contributed by atoms with Gasteiger partial charge >= 0.3 is 5.97 Å². The molecule has 4 aliphatic rings. The van der Waals surface area contributed by atoms with Gasteiger partial charge in [-0.15, -0.1) is 0 Å². The number of carbonyl (C=O) groups is 1. The van der Waals surface area contributed by atoms with Crippen LogP contribution in [0.15, 0.2) is 11.6 Å². The first-order chi connectivity index (χ1) is 12.3. The number of fused-ring (bicyclic) bond motifs is 2. The Morgan fingerprint density at radius 3 is 2.65 bits per heavy atom. The molecule has 0 bridgehead atoms. The lowest BCUT2D eigenvalue weighted by molar-refractivity contribution is -0.145. The van der Waals surface area contributed by atoms with E-state index in [-0.39, 0.29) is 41.5 Å². The minimum atomic E-state index is -0.518. The van der Waals surface area contributed by atoms with E-state index >= 15 is 0 Å². The molecule has 3 unspecified atom stereocenters. The maximum atomic E-state index is 12.7. The van der Waals surface area contributed by atoms with E-state index in [9.17, 15) is 9.90 Å². The molecule has 0 aromatic heterocycles. The lowest BCUT2D eigenvalue weighted by atomic mass is 9.55. The van der Waals surface area contributed by atoms with Crippen LogP contribution < -0.4 is 0 Å². The van der Waals surface area contributed by atoms with Crippen molar-refractivity contribution in [1.82, 2.24) is 4.90 Å². The van der Waals surface area contributed by atoms with Gasteiger partial charge < -0.3 is 14.6 Å². The van der Waals surface area contributed by atoms with E-state index in [4.69, 9.17) is 9.47 Å². The topological polar surface area (TPSA) is 59.0 Å². The molecule has 1 N–H and O–H groups in total. The molecule has 8 atom stereocenters. The fourth-order valence-corrected chi connectivity index (χ4v) is 5.99. The van der Waals surface area contributed by atoms with Gasteiger partial charge in [-0.3, -0.25) is 9.69 Å². The average molecular weight is 363 g/mol. The summed E-state index contributed by atoms with van der Waals surface area (Å²) in [5, 5.41) is 11.4. The SMILES string of the molecule is CC1CN(CC2C(=O)O[C@@H]3CC4=CCC[C@H](C)[C@@]4(C)[C@@H](O)[C@H]23)CC(C)O1. The van der Waals surface area contributed by atoms with E-state index in [2.05, 4.69) is 38.7 Å². The molecule has 3 fully saturated rings. The Hall–Kier alpha value is -0.910. The summed E-state index contributed by atoms with van der Waals surface area (Å²) >= 11 is 0. The molecule has 0 amide bonds. The van der Waals surface area contributed by atoms with Crippen LogP contribution >= 0.6 is 0 Å². The summed E-state index contributed by atoms with van der Waals surface area (Å²) in [4.78, 5) is 15.0. The first-order valence-electron chi connectivity index (χ1n) is 10.3. The predicted molar refractivity (Wildman–Crippen MR) is 98.5 cm³/mol. The van der Waals surface area contributed by atoms with E-state index in [0.717, 1.165) is 32.4 Å². The third-order valence-electron chi connectivity index (χ3n) is 7.52. The van der Waals surface area contributed by atoms with Crippen LogP contribution in [0.4, 0.5) is 0 Å².